The van der Waals surface area contributed by atoms with Gasteiger partial charge in [-0.05, 0) is 43.6 Å². The summed E-state index contributed by atoms with van der Waals surface area (Å²) in [5.41, 5.74) is 7.46. The molecular formula is C16H20N2O2. The monoisotopic (exact) mass is 272 g/mol. The Morgan fingerprint density at radius 3 is 2.80 bits per heavy atom. The van der Waals surface area contributed by atoms with Gasteiger partial charge in [0.25, 0.3) is 0 Å². The Bertz CT molecular complexity index is 523. The number of benzene rings is 1. The molecule has 1 aliphatic heterocycles. The fourth-order valence-electron chi connectivity index (χ4n) is 2.52. The van der Waals surface area contributed by atoms with E-state index in [0.29, 0.717) is 0 Å². The zero-order chi connectivity index (χ0) is 14.4. The molecule has 4 nitrogen and oxygen atoms in total. The van der Waals surface area contributed by atoms with Gasteiger partial charge in [-0.1, -0.05) is 24.0 Å². The summed E-state index contributed by atoms with van der Waals surface area (Å²) in [7, 11) is 0. The number of carbonyl (C=O) groups is 1. The molecule has 0 bridgehead atoms. The number of nitrogens with two attached hydrogens (primary N) is 1. The molecule has 0 radical (unpaired) electrons. The van der Waals surface area contributed by atoms with Gasteiger partial charge in [-0.25, -0.2) is 0 Å². The average Bonchev–Trinajstić information content (AvgIpc) is 2.46. The number of piperidine rings is 1. The molecular weight excluding hydrogens is 252 g/mol. The molecule has 1 saturated heterocycles. The van der Waals surface area contributed by atoms with E-state index in [1.54, 1.807) is 0 Å². The molecule has 0 unspecified atom stereocenters. The van der Waals surface area contributed by atoms with Crippen molar-refractivity contribution in [2.24, 2.45) is 11.7 Å². The topological polar surface area (TPSA) is 66.6 Å². The predicted molar refractivity (Wildman–Crippen MR) is 77.6 cm³/mol. The van der Waals surface area contributed by atoms with Crippen LogP contribution in [0.25, 0.3) is 0 Å². The maximum Gasteiger partial charge on any atom is 0.220 e. The number of carbonyl (C=O) groups excluding carboxylic acids is 1. The van der Waals surface area contributed by atoms with Crippen LogP contribution < -0.4 is 5.73 Å². The van der Waals surface area contributed by atoms with Crippen LogP contribution in [0.15, 0.2) is 24.3 Å². The predicted octanol–water partition coefficient (Wildman–Crippen LogP) is 0.728. The van der Waals surface area contributed by atoms with Crippen molar-refractivity contribution in [2.45, 2.75) is 19.4 Å². The maximum atomic E-state index is 11.1. The first kappa shape index (κ1) is 14.6. The molecule has 1 heterocycles. The van der Waals surface area contributed by atoms with Crippen molar-refractivity contribution in [2.75, 3.05) is 19.7 Å². The van der Waals surface area contributed by atoms with Gasteiger partial charge in [-0.3, -0.25) is 9.69 Å². The summed E-state index contributed by atoms with van der Waals surface area (Å²) < 4.78 is 0. The molecule has 0 atom stereocenters. The molecule has 1 aromatic carbocycles. The summed E-state index contributed by atoms with van der Waals surface area (Å²) in [5.74, 6) is 5.43. The molecule has 2 rings (SSSR count). The molecule has 0 saturated carbocycles. The smallest absolute Gasteiger partial charge is 0.220 e. The zero-order valence-electron chi connectivity index (χ0n) is 11.5. The van der Waals surface area contributed by atoms with Gasteiger partial charge in [0.15, 0.2) is 0 Å². The van der Waals surface area contributed by atoms with Crippen LogP contribution in [-0.2, 0) is 11.3 Å². The average molecular weight is 272 g/mol. The fourth-order valence-corrected chi connectivity index (χ4v) is 2.52. The Morgan fingerprint density at radius 2 is 2.15 bits per heavy atom. The van der Waals surface area contributed by atoms with Gasteiger partial charge >= 0.3 is 0 Å². The SMILES string of the molecule is NC(=O)C1CCN(Cc2cccc(C#CCO)c2)CC1. The van der Waals surface area contributed by atoms with Crippen molar-refractivity contribution in [1.82, 2.24) is 4.90 Å². The summed E-state index contributed by atoms with van der Waals surface area (Å²) in [4.78, 5) is 13.5. The summed E-state index contributed by atoms with van der Waals surface area (Å²) in [5, 5.41) is 8.71. The first-order chi connectivity index (χ1) is 9.69. The number of likely N-dealkylation sites (tertiary alicyclic amines) is 1. The first-order valence-corrected chi connectivity index (χ1v) is 6.89. The van der Waals surface area contributed by atoms with E-state index in [4.69, 9.17) is 10.8 Å². The lowest BCUT2D eigenvalue weighted by atomic mass is 9.96. The van der Waals surface area contributed by atoms with Crippen molar-refractivity contribution >= 4 is 5.91 Å². The van der Waals surface area contributed by atoms with Crippen molar-refractivity contribution in [3.05, 3.63) is 35.4 Å². The minimum Gasteiger partial charge on any atom is -0.384 e. The second-order valence-corrected chi connectivity index (χ2v) is 5.11. The maximum absolute atomic E-state index is 11.1. The van der Waals surface area contributed by atoms with E-state index in [1.807, 2.05) is 18.2 Å². The standard InChI is InChI=1S/C16H20N2O2/c17-16(20)15-6-8-18(9-7-15)12-14-4-1-3-13(11-14)5-2-10-19/h1,3-4,11,15,19H,6-10,12H2,(H2,17,20). The zero-order valence-corrected chi connectivity index (χ0v) is 11.5. The Balaban J connectivity index is 1.92. The summed E-state index contributed by atoms with van der Waals surface area (Å²) >= 11 is 0. The van der Waals surface area contributed by atoms with Crippen molar-refractivity contribution < 1.29 is 9.90 Å². The second kappa shape index (κ2) is 7.09. The van der Waals surface area contributed by atoms with Crippen LogP contribution >= 0.6 is 0 Å². The lowest BCUT2D eigenvalue weighted by molar-refractivity contribution is -0.123. The fraction of sp³-hybridized carbons (Fsp3) is 0.438. The van der Waals surface area contributed by atoms with Crippen LogP contribution in [0.2, 0.25) is 0 Å². The second-order valence-electron chi connectivity index (χ2n) is 5.11. The quantitative estimate of drug-likeness (QED) is 0.797. The number of amides is 1. The van der Waals surface area contributed by atoms with E-state index in [-0.39, 0.29) is 18.4 Å². The van der Waals surface area contributed by atoms with E-state index < -0.39 is 0 Å². The number of rotatable bonds is 3. The highest BCUT2D eigenvalue weighted by atomic mass is 16.2. The molecule has 0 aliphatic carbocycles. The summed E-state index contributed by atoms with van der Waals surface area (Å²) in [6, 6.07) is 8.03. The molecule has 20 heavy (non-hydrogen) atoms. The highest BCUT2D eigenvalue weighted by molar-refractivity contribution is 5.76. The number of hydrogen-bond acceptors (Lipinski definition) is 3. The summed E-state index contributed by atoms with van der Waals surface area (Å²) in [6.07, 6.45) is 1.69. The Hall–Kier alpha value is -1.83. The Labute approximate surface area is 119 Å². The van der Waals surface area contributed by atoms with Gasteiger partial charge in [-0.2, -0.15) is 0 Å². The number of aliphatic hydroxyl groups excluding tert-OH is 1. The number of aliphatic hydroxyl groups is 1. The third-order valence-corrected chi connectivity index (χ3v) is 3.63. The lowest BCUT2D eigenvalue weighted by Gasteiger charge is -2.30. The highest BCUT2D eigenvalue weighted by Gasteiger charge is 2.22. The summed E-state index contributed by atoms with van der Waals surface area (Å²) in [6.45, 7) is 2.55. The van der Waals surface area contributed by atoms with E-state index >= 15 is 0 Å². The minimum atomic E-state index is -0.175. The van der Waals surface area contributed by atoms with Crippen LogP contribution in [0, 0.1) is 17.8 Å². The number of nitrogens with zero attached hydrogens (tertiary/aromatic N) is 1. The van der Waals surface area contributed by atoms with Crippen molar-refractivity contribution in [3.8, 4) is 11.8 Å². The molecule has 1 aliphatic rings. The van der Waals surface area contributed by atoms with Crippen LogP contribution in [0.5, 0.6) is 0 Å². The molecule has 1 aromatic rings. The molecule has 4 heteroatoms. The van der Waals surface area contributed by atoms with Gasteiger partial charge in [-0.15, -0.1) is 0 Å². The Kier molecular flexibility index (Phi) is 5.16. The molecule has 1 fully saturated rings. The van der Waals surface area contributed by atoms with Gasteiger partial charge in [0.05, 0.1) is 0 Å². The Morgan fingerprint density at radius 1 is 1.40 bits per heavy atom. The van der Waals surface area contributed by atoms with Gasteiger partial charge in [0.2, 0.25) is 5.91 Å². The molecule has 3 N–H and O–H groups in total. The van der Waals surface area contributed by atoms with Crippen LogP contribution in [0.3, 0.4) is 0 Å². The van der Waals surface area contributed by atoms with Crippen molar-refractivity contribution in [3.63, 3.8) is 0 Å². The molecule has 1 amide bonds. The van der Waals surface area contributed by atoms with Crippen molar-refractivity contribution in [1.29, 1.82) is 0 Å². The van der Waals surface area contributed by atoms with Crippen LogP contribution in [-0.4, -0.2) is 35.6 Å². The van der Waals surface area contributed by atoms with E-state index in [2.05, 4.69) is 22.8 Å². The normalized spacial score (nSPS) is 16.4. The van der Waals surface area contributed by atoms with Crippen LogP contribution in [0.4, 0.5) is 0 Å². The van der Waals surface area contributed by atoms with Gasteiger partial charge < -0.3 is 10.8 Å². The minimum absolute atomic E-state index is 0.0352. The lowest BCUT2D eigenvalue weighted by Crippen LogP contribution is -2.38. The largest absolute Gasteiger partial charge is 0.384 e. The van der Waals surface area contributed by atoms with Gasteiger partial charge in [0.1, 0.15) is 6.61 Å². The molecule has 106 valence electrons. The number of hydrogen-bond donors (Lipinski definition) is 2. The van der Waals surface area contributed by atoms with E-state index in [1.165, 1.54) is 5.56 Å². The number of primary amides is 1. The molecule has 0 spiro atoms. The molecule has 0 aromatic heterocycles. The van der Waals surface area contributed by atoms with Crippen LogP contribution in [0.1, 0.15) is 24.0 Å². The van der Waals surface area contributed by atoms with E-state index in [0.717, 1.165) is 38.0 Å². The third-order valence-electron chi connectivity index (χ3n) is 3.63. The van der Waals surface area contributed by atoms with Gasteiger partial charge in [0, 0.05) is 18.0 Å². The van der Waals surface area contributed by atoms with E-state index in [9.17, 15) is 4.79 Å². The third kappa shape index (κ3) is 4.09. The first-order valence-electron chi connectivity index (χ1n) is 6.89. The highest BCUT2D eigenvalue weighted by Crippen LogP contribution is 2.18.